The van der Waals surface area contributed by atoms with Crippen molar-refractivity contribution in [3.05, 3.63) is 90.1 Å². The zero-order valence-corrected chi connectivity index (χ0v) is 22.2. The highest BCUT2D eigenvalue weighted by Crippen LogP contribution is 2.32. The number of aliphatic hydroxyl groups excluding tert-OH is 1. The molecule has 0 amide bonds. The number of piperidine rings is 1. The topological polar surface area (TPSA) is 105 Å². The number of anilines is 1. The molecule has 2 fully saturated rings. The van der Waals surface area contributed by atoms with E-state index in [1.165, 1.54) is 6.07 Å². The second-order valence-corrected chi connectivity index (χ2v) is 10.3. The van der Waals surface area contributed by atoms with Gasteiger partial charge in [0, 0.05) is 19.6 Å². The van der Waals surface area contributed by atoms with Crippen molar-refractivity contribution in [2.75, 3.05) is 24.5 Å². The molecular weight excluding hydrogens is 505 g/mol. The van der Waals surface area contributed by atoms with Crippen molar-refractivity contribution in [2.45, 2.75) is 37.8 Å². The van der Waals surface area contributed by atoms with Crippen LogP contribution < -0.4 is 4.90 Å². The number of halogens is 1. The molecule has 0 radical (unpaired) electrons. The van der Waals surface area contributed by atoms with E-state index in [4.69, 9.17) is 15.4 Å². The summed E-state index contributed by atoms with van der Waals surface area (Å²) in [6.07, 6.45) is 8.40. The van der Waals surface area contributed by atoms with Crippen LogP contribution >= 0.6 is 0 Å². The minimum Gasteiger partial charge on any atom is -0.393 e. The molecule has 2 aliphatic rings. The Balaban J connectivity index is 1.15. The first-order valence-corrected chi connectivity index (χ1v) is 13.7. The van der Waals surface area contributed by atoms with Crippen molar-refractivity contribution >= 4 is 17.7 Å². The highest BCUT2D eigenvalue weighted by Gasteiger charge is 2.27. The van der Waals surface area contributed by atoms with Gasteiger partial charge in [0.15, 0.2) is 0 Å². The Morgan fingerprint density at radius 3 is 2.52 bits per heavy atom. The number of hydrogen-bond donors (Lipinski definition) is 3. The Bertz CT molecular complexity index is 1530. The molecule has 1 unspecified atom stereocenters. The number of pyridine rings is 2. The number of likely N-dealkylation sites (tertiary alicyclic amines) is 1. The Morgan fingerprint density at radius 1 is 0.950 bits per heavy atom. The number of H-pyrrole nitrogens is 1. The molecule has 8 nitrogen and oxygen atoms in total. The van der Waals surface area contributed by atoms with E-state index in [1.54, 1.807) is 30.5 Å². The molecule has 2 aliphatic heterocycles. The molecule has 6 rings (SSSR count). The second-order valence-electron chi connectivity index (χ2n) is 10.3. The quantitative estimate of drug-likeness (QED) is 0.223. The number of aromatic amines is 1. The Kier molecular flexibility index (Phi) is 7.37. The van der Waals surface area contributed by atoms with Crippen molar-refractivity contribution in [3.63, 3.8) is 0 Å². The number of imidazole rings is 1. The van der Waals surface area contributed by atoms with Gasteiger partial charge in [0.25, 0.3) is 0 Å². The van der Waals surface area contributed by atoms with Crippen molar-refractivity contribution in [3.8, 4) is 22.8 Å². The largest absolute Gasteiger partial charge is 0.393 e. The van der Waals surface area contributed by atoms with Gasteiger partial charge in [-0.2, -0.15) is 0 Å². The number of nitrogens with zero attached hydrogens (tertiary/aromatic N) is 5. The maximum absolute atomic E-state index is 13.8. The van der Waals surface area contributed by atoms with E-state index < -0.39 is 0 Å². The first-order valence-electron chi connectivity index (χ1n) is 13.7. The van der Waals surface area contributed by atoms with E-state index in [9.17, 15) is 9.50 Å². The predicted molar refractivity (Wildman–Crippen MR) is 154 cm³/mol. The van der Waals surface area contributed by atoms with Crippen LogP contribution in [0, 0.1) is 11.2 Å². The molecule has 3 N–H and O–H groups in total. The fraction of sp³-hybridized carbons (Fsp3) is 0.290. The van der Waals surface area contributed by atoms with Crippen molar-refractivity contribution < 1.29 is 9.50 Å². The maximum atomic E-state index is 13.8. The predicted octanol–water partition coefficient (Wildman–Crippen LogP) is 5.46. The number of benzene rings is 1. The molecule has 0 bridgehead atoms. The zero-order valence-electron chi connectivity index (χ0n) is 22.2. The van der Waals surface area contributed by atoms with Gasteiger partial charge in [-0.05, 0) is 79.8 Å². The number of aliphatic hydroxyl groups is 1. The molecule has 4 aromatic rings. The minimum absolute atomic E-state index is 0.000529. The summed E-state index contributed by atoms with van der Waals surface area (Å²) in [5, 5.41) is 18.5. The van der Waals surface area contributed by atoms with Crippen LogP contribution in [-0.2, 0) is 0 Å². The average Bonchev–Trinajstić information content (AvgIpc) is 3.67. The first-order chi connectivity index (χ1) is 19.5. The van der Waals surface area contributed by atoms with Gasteiger partial charge in [0.2, 0.25) is 0 Å². The first kappa shape index (κ1) is 25.9. The van der Waals surface area contributed by atoms with Gasteiger partial charge in [0.1, 0.15) is 23.3 Å². The van der Waals surface area contributed by atoms with E-state index in [2.05, 4.69) is 14.9 Å². The highest BCUT2D eigenvalue weighted by molar-refractivity contribution is 5.94. The third-order valence-corrected chi connectivity index (χ3v) is 7.60. The fourth-order valence-electron chi connectivity index (χ4n) is 5.48. The third-order valence-electron chi connectivity index (χ3n) is 7.60. The molecule has 204 valence electrons. The lowest BCUT2D eigenvalue weighted by molar-refractivity contribution is 0.145. The molecule has 3 aromatic heterocycles. The van der Waals surface area contributed by atoms with E-state index in [0.717, 1.165) is 79.5 Å². The summed E-state index contributed by atoms with van der Waals surface area (Å²) in [5.74, 6) is 1.64. The van der Waals surface area contributed by atoms with Gasteiger partial charge in [0.05, 0.1) is 41.1 Å². The van der Waals surface area contributed by atoms with E-state index in [1.807, 2.05) is 47.4 Å². The van der Waals surface area contributed by atoms with Gasteiger partial charge >= 0.3 is 0 Å². The van der Waals surface area contributed by atoms with Crippen LogP contribution in [0.1, 0.15) is 43.1 Å². The normalized spacial score (nSPS) is 18.1. The number of nitrogens with one attached hydrogen (secondary N) is 2. The fourth-order valence-corrected chi connectivity index (χ4v) is 5.48. The van der Waals surface area contributed by atoms with Gasteiger partial charge < -0.3 is 19.9 Å². The van der Waals surface area contributed by atoms with Gasteiger partial charge in [-0.3, -0.25) is 5.41 Å². The molecule has 0 saturated carbocycles. The minimum atomic E-state index is -0.251. The van der Waals surface area contributed by atoms with E-state index in [-0.39, 0.29) is 18.0 Å². The lowest BCUT2D eigenvalue weighted by atomic mass is 10.0. The molecule has 2 saturated heterocycles. The lowest BCUT2D eigenvalue weighted by Gasteiger charge is -2.30. The van der Waals surface area contributed by atoms with Crippen molar-refractivity contribution in [1.82, 2.24) is 24.8 Å². The Morgan fingerprint density at radius 2 is 1.70 bits per heavy atom. The van der Waals surface area contributed by atoms with Crippen LogP contribution in [-0.4, -0.2) is 61.5 Å². The SMILES string of the molecule is N=C(/C=C\c1ncc(-c2cccc(-c3cccc(N4CCC(O)CC4)n3)n2)[nH]1)N1CCCC1c1cccc(F)c1. The number of aromatic nitrogens is 4. The van der Waals surface area contributed by atoms with Crippen LogP contribution in [0.15, 0.2) is 72.9 Å². The zero-order chi connectivity index (χ0) is 27.5. The summed E-state index contributed by atoms with van der Waals surface area (Å²) >= 11 is 0. The summed E-state index contributed by atoms with van der Waals surface area (Å²) in [5.41, 5.74) is 3.97. The van der Waals surface area contributed by atoms with E-state index >= 15 is 0 Å². The molecular formula is C31H32FN7O. The highest BCUT2D eigenvalue weighted by atomic mass is 19.1. The standard InChI is InChI=1S/C31H32FN7O/c32-22-6-1-5-21(19-22)28-10-4-16-39(28)29(33)12-13-30-34-20-27(36-30)26-8-2-7-24(35-26)25-9-3-11-31(37-25)38-17-14-23(40)15-18-38/h1-3,5-9,11-13,19-20,23,28,33,40H,4,10,14-18H2,(H,34,36)/b13-12-,33-29?. The molecule has 1 atom stereocenters. The summed E-state index contributed by atoms with van der Waals surface area (Å²) in [4.78, 5) is 21.7. The van der Waals surface area contributed by atoms with Crippen LogP contribution in [0.2, 0.25) is 0 Å². The monoisotopic (exact) mass is 537 g/mol. The summed E-state index contributed by atoms with van der Waals surface area (Å²) in [7, 11) is 0. The van der Waals surface area contributed by atoms with Crippen molar-refractivity contribution in [1.29, 1.82) is 5.41 Å². The second kappa shape index (κ2) is 11.4. The summed E-state index contributed by atoms with van der Waals surface area (Å²) in [6, 6.07) is 18.4. The van der Waals surface area contributed by atoms with Crippen LogP contribution in [0.4, 0.5) is 10.2 Å². The van der Waals surface area contributed by atoms with Gasteiger partial charge in [-0.1, -0.05) is 24.3 Å². The van der Waals surface area contributed by atoms with Gasteiger partial charge in [-0.25, -0.2) is 19.3 Å². The van der Waals surface area contributed by atoms with Crippen LogP contribution in [0.3, 0.4) is 0 Å². The molecule has 1 aromatic carbocycles. The summed E-state index contributed by atoms with van der Waals surface area (Å²) < 4.78 is 13.8. The molecule has 0 aliphatic carbocycles. The Labute approximate surface area is 232 Å². The maximum Gasteiger partial charge on any atom is 0.130 e. The number of hydrogen-bond acceptors (Lipinski definition) is 6. The number of amidine groups is 1. The lowest BCUT2D eigenvalue weighted by Crippen LogP contribution is -2.36. The van der Waals surface area contributed by atoms with Crippen LogP contribution in [0.25, 0.3) is 28.9 Å². The molecule has 0 spiro atoms. The smallest absolute Gasteiger partial charge is 0.130 e. The third kappa shape index (κ3) is 5.65. The number of rotatable bonds is 6. The molecule has 40 heavy (non-hydrogen) atoms. The molecule has 9 heteroatoms. The summed E-state index contributed by atoms with van der Waals surface area (Å²) in [6.45, 7) is 2.34. The van der Waals surface area contributed by atoms with Crippen LogP contribution in [0.5, 0.6) is 0 Å². The van der Waals surface area contributed by atoms with E-state index in [0.29, 0.717) is 11.7 Å². The van der Waals surface area contributed by atoms with Gasteiger partial charge in [-0.15, -0.1) is 0 Å². The Hall–Kier alpha value is -4.37. The average molecular weight is 538 g/mol. The van der Waals surface area contributed by atoms with Crippen molar-refractivity contribution in [2.24, 2.45) is 0 Å². The molecule has 5 heterocycles.